The number of nitriles is 1. The molecule has 122 valence electrons. The maximum absolute atomic E-state index is 12.6. The predicted molar refractivity (Wildman–Crippen MR) is 97.2 cm³/mol. The summed E-state index contributed by atoms with van der Waals surface area (Å²) in [6.07, 6.45) is 0. The van der Waals surface area contributed by atoms with E-state index in [0.29, 0.717) is 27.3 Å². The van der Waals surface area contributed by atoms with Crippen molar-refractivity contribution < 1.29 is 9.53 Å². The second kappa shape index (κ2) is 7.65. The van der Waals surface area contributed by atoms with Crippen LogP contribution < -0.4 is 0 Å². The van der Waals surface area contributed by atoms with Crippen LogP contribution in [0.25, 0.3) is 11.1 Å². The Morgan fingerprint density at radius 3 is 2.44 bits per heavy atom. The first-order chi connectivity index (χ1) is 12.2. The Morgan fingerprint density at radius 2 is 1.68 bits per heavy atom. The van der Waals surface area contributed by atoms with Crippen molar-refractivity contribution in [3.8, 4) is 17.2 Å². The Bertz CT molecular complexity index is 960. The largest absolute Gasteiger partial charge is 0.457 e. The van der Waals surface area contributed by atoms with Gasteiger partial charge >= 0.3 is 5.97 Å². The smallest absolute Gasteiger partial charge is 0.339 e. The van der Waals surface area contributed by atoms with Crippen LogP contribution in [0.5, 0.6) is 0 Å². The zero-order chi connectivity index (χ0) is 17.6. The molecule has 0 heterocycles. The summed E-state index contributed by atoms with van der Waals surface area (Å²) >= 11 is 5.94. The number of hydrogen-bond donors (Lipinski definition) is 0. The molecule has 0 N–H and O–H groups in total. The highest BCUT2D eigenvalue weighted by atomic mass is 35.5. The lowest BCUT2D eigenvalue weighted by Gasteiger charge is -2.11. The predicted octanol–water partition coefficient (Wildman–Crippen LogP) is 5.24. The summed E-state index contributed by atoms with van der Waals surface area (Å²) in [6.45, 7) is 0.133. The van der Waals surface area contributed by atoms with Crippen molar-refractivity contribution in [1.29, 1.82) is 5.26 Å². The lowest BCUT2D eigenvalue weighted by molar-refractivity contribution is 0.0473. The molecule has 0 aliphatic rings. The molecule has 0 spiro atoms. The summed E-state index contributed by atoms with van der Waals surface area (Å²) in [5.74, 6) is -0.441. The van der Waals surface area contributed by atoms with Crippen molar-refractivity contribution in [2.75, 3.05) is 0 Å². The number of ether oxygens (including phenoxy) is 1. The molecule has 0 fully saturated rings. The molecule has 4 heteroatoms. The van der Waals surface area contributed by atoms with Crippen molar-refractivity contribution in [3.63, 3.8) is 0 Å². The molecule has 0 unspecified atom stereocenters. The second-order valence-corrected chi connectivity index (χ2v) is 5.85. The summed E-state index contributed by atoms with van der Waals surface area (Å²) in [5, 5.41) is 9.90. The minimum absolute atomic E-state index is 0.133. The Hall–Kier alpha value is -3.09. The highest BCUT2D eigenvalue weighted by molar-refractivity contribution is 6.30. The minimum Gasteiger partial charge on any atom is -0.457 e. The van der Waals surface area contributed by atoms with Gasteiger partial charge in [0.05, 0.1) is 17.2 Å². The van der Waals surface area contributed by atoms with Crippen molar-refractivity contribution >= 4 is 17.6 Å². The Balaban J connectivity index is 1.88. The number of carbonyl (C=O) groups excluding carboxylic acids is 1. The highest BCUT2D eigenvalue weighted by Gasteiger charge is 2.16. The van der Waals surface area contributed by atoms with Crippen LogP contribution in [0.4, 0.5) is 0 Å². The lowest BCUT2D eigenvalue weighted by atomic mass is 9.96. The van der Waals surface area contributed by atoms with Gasteiger partial charge in [0.15, 0.2) is 0 Å². The third-order valence-corrected chi connectivity index (χ3v) is 3.98. The van der Waals surface area contributed by atoms with Crippen LogP contribution in [-0.2, 0) is 11.3 Å². The average Bonchev–Trinajstić information content (AvgIpc) is 2.66. The third kappa shape index (κ3) is 3.88. The molecule has 0 aromatic heterocycles. The van der Waals surface area contributed by atoms with Gasteiger partial charge in [-0.15, -0.1) is 0 Å². The van der Waals surface area contributed by atoms with E-state index in [-0.39, 0.29) is 6.61 Å². The van der Waals surface area contributed by atoms with Crippen LogP contribution in [0.1, 0.15) is 21.5 Å². The van der Waals surface area contributed by atoms with Gasteiger partial charge in [-0.25, -0.2) is 4.79 Å². The van der Waals surface area contributed by atoms with E-state index in [1.807, 2.05) is 36.4 Å². The van der Waals surface area contributed by atoms with Crippen molar-refractivity contribution in [3.05, 3.63) is 94.5 Å². The first-order valence-corrected chi connectivity index (χ1v) is 8.07. The maximum Gasteiger partial charge on any atom is 0.339 e. The van der Waals surface area contributed by atoms with Crippen molar-refractivity contribution in [2.45, 2.75) is 6.61 Å². The second-order valence-electron chi connectivity index (χ2n) is 5.41. The Kier molecular flexibility index (Phi) is 5.13. The van der Waals surface area contributed by atoms with Gasteiger partial charge in [-0.1, -0.05) is 60.1 Å². The molecular weight excluding hydrogens is 334 g/mol. The number of hydrogen-bond acceptors (Lipinski definition) is 3. The van der Waals surface area contributed by atoms with Crippen LogP contribution >= 0.6 is 11.6 Å². The van der Waals surface area contributed by atoms with Crippen LogP contribution in [0, 0.1) is 11.3 Å². The van der Waals surface area contributed by atoms with Crippen LogP contribution in [0.15, 0.2) is 72.8 Å². The van der Waals surface area contributed by atoms with Gasteiger partial charge in [-0.2, -0.15) is 5.26 Å². The highest BCUT2D eigenvalue weighted by Crippen LogP contribution is 2.27. The molecule has 0 aliphatic carbocycles. The minimum atomic E-state index is -0.441. The number of rotatable bonds is 4. The van der Waals surface area contributed by atoms with Gasteiger partial charge < -0.3 is 4.74 Å². The summed E-state index contributed by atoms with van der Waals surface area (Å²) in [6, 6.07) is 23.6. The molecule has 0 bridgehead atoms. The van der Waals surface area contributed by atoms with Gasteiger partial charge in [0.25, 0.3) is 0 Å². The quantitative estimate of drug-likeness (QED) is 0.607. The maximum atomic E-state index is 12.6. The summed E-state index contributed by atoms with van der Waals surface area (Å²) in [7, 11) is 0. The molecule has 3 aromatic rings. The standard InChI is InChI=1S/C21H14ClNO2/c22-17-8-5-6-15(12-17)14-25-21(24)20-11-4-3-10-19(20)18-9-2-1-7-16(18)13-23/h1-12H,14H2. The molecule has 25 heavy (non-hydrogen) atoms. The normalized spacial score (nSPS) is 10.1. The van der Waals surface area contributed by atoms with Crippen LogP contribution in [-0.4, -0.2) is 5.97 Å². The third-order valence-electron chi connectivity index (χ3n) is 3.74. The fourth-order valence-corrected chi connectivity index (χ4v) is 2.78. The molecule has 0 aliphatic heterocycles. The van der Waals surface area contributed by atoms with Crippen molar-refractivity contribution in [1.82, 2.24) is 0 Å². The molecule has 3 rings (SSSR count). The van der Waals surface area contributed by atoms with Crippen molar-refractivity contribution in [2.24, 2.45) is 0 Å². The molecule has 3 aromatic carbocycles. The number of carbonyl (C=O) groups is 1. The van der Waals surface area contributed by atoms with E-state index < -0.39 is 5.97 Å². The molecular formula is C21H14ClNO2. The molecule has 3 nitrogen and oxygen atoms in total. The first-order valence-electron chi connectivity index (χ1n) is 7.69. The van der Waals surface area contributed by atoms with E-state index in [0.717, 1.165) is 5.56 Å². The van der Waals surface area contributed by atoms with Gasteiger partial charge in [-0.3, -0.25) is 0 Å². The Morgan fingerprint density at radius 1 is 0.960 bits per heavy atom. The number of benzene rings is 3. The fraction of sp³-hybridized carbons (Fsp3) is 0.0476. The molecule has 0 saturated heterocycles. The van der Waals surface area contributed by atoms with Crippen LogP contribution in [0.3, 0.4) is 0 Å². The molecule has 0 atom stereocenters. The van der Waals surface area contributed by atoms with E-state index in [1.165, 1.54) is 0 Å². The number of nitrogens with zero attached hydrogens (tertiary/aromatic N) is 1. The summed E-state index contributed by atoms with van der Waals surface area (Å²) in [5.41, 5.74) is 3.14. The van der Waals surface area contributed by atoms with Gasteiger partial charge in [-0.05, 0) is 35.4 Å². The Labute approximate surface area is 151 Å². The average molecular weight is 348 g/mol. The van der Waals surface area contributed by atoms with Gasteiger partial charge in [0.1, 0.15) is 6.61 Å². The van der Waals surface area contributed by atoms with Gasteiger partial charge in [0.2, 0.25) is 0 Å². The van der Waals surface area contributed by atoms with E-state index in [2.05, 4.69) is 6.07 Å². The fourth-order valence-electron chi connectivity index (χ4n) is 2.56. The van der Waals surface area contributed by atoms with Crippen LogP contribution in [0.2, 0.25) is 5.02 Å². The SMILES string of the molecule is N#Cc1ccccc1-c1ccccc1C(=O)OCc1cccc(Cl)c1. The van der Waals surface area contributed by atoms with E-state index >= 15 is 0 Å². The van der Waals surface area contributed by atoms with Gasteiger partial charge in [0, 0.05) is 10.6 Å². The molecule has 0 saturated carbocycles. The van der Waals surface area contributed by atoms with E-state index in [1.54, 1.807) is 36.4 Å². The zero-order valence-corrected chi connectivity index (χ0v) is 14.0. The number of halogens is 1. The summed E-state index contributed by atoms with van der Waals surface area (Å²) in [4.78, 5) is 12.6. The molecule has 0 radical (unpaired) electrons. The zero-order valence-electron chi connectivity index (χ0n) is 13.3. The van der Waals surface area contributed by atoms with E-state index in [4.69, 9.17) is 16.3 Å². The lowest BCUT2D eigenvalue weighted by Crippen LogP contribution is -2.07. The topological polar surface area (TPSA) is 50.1 Å². The monoisotopic (exact) mass is 347 g/mol. The molecule has 0 amide bonds. The number of esters is 1. The summed E-state index contributed by atoms with van der Waals surface area (Å²) < 4.78 is 5.42. The first kappa shape index (κ1) is 16.8. The van der Waals surface area contributed by atoms with E-state index in [9.17, 15) is 10.1 Å².